The van der Waals surface area contributed by atoms with Crippen molar-refractivity contribution in [3.63, 3.8) is 0 Å². The summed E-state index contributed by atoms with van der Waals surface area (Å²) in [4.78, 5) is 41.9. The van der Waals surface area contributed by atoms with Crippen LogP contribution in [0.15, 0.2) is 54.6 Å². The number of quaternary nitrogens is 1. The molecule has 0 saturated carbocycles. The van der Waals surface area contributed by atoms with Crippen molar-refractivity contribution < 1.29 is 24.0 Å². The van der Waals surface area contributed by atoms with E-state index >= 15 is 0 Å². The normalized spacial score (nSPS) is 16.5. The molecule has 2 aliphatic rings. The predicted octanol–water partition coefficient (Wildman–Crippen LogP) is 0.869. The number of piperazine rings is 1. The number of amides is 3. The number of hydrogen-bond acceptors (Lipinski definition) is 4. The largest absolute Gasteiger partial charge is 0.488 e. The molecule has 0 spiro atoms. The number of carbonyl (C=O) groups is 3. The molecule has 1 N–H and O–H groups in total. The number of rotatable bonds is 8. The molecule has 2 aliphatic heterocycles. The first-order valence-electron chi connectivity index (χ1n) is 10.9. The molecule has 0 aliphatic carbocycles. The molecule has 7 heteroatoms. The Morgan fingerprint density at radius 2 is 1.52 bits per heavy atom. The van der Waals surface area contributed by atoms with Crippen molar-refractivity contribution in [1.29, 1.82) is 0 Å². The van der Waals surface area contributed by atoms with E-state index in [2.05, 4.69) is 0 Å². The van der Waals surface area contributed by atoms with Gasteiger partial charge in [0.25, 0.3) is 11.8 Å². The van der Waals surface area contributed by atoms with Gasteiger partial charge in [-0.2, -0.15) is 0 Å². The highest BCUT2D eigenvalue weighted by Crippen LogP contribution is 2.22. The third-order valence-corrected chi connectivity index (χ3v) is 5.94. The molecule has 1 fully saturated rings. The van der Waals surface area contributed by atoms with Gasteiger partial charge in [-0.3, -0.25) is 19.3 Å². The monoisotopic (exact) mass is 422 g/mol. The molecule has 2 aromatic carbocycles. The van der Waals surface area contributed by atoms with Crippen molar-refractivity contribution >= 4 is 17.7 Å². The molecule has 0 radical (unpaired) electrons. The minimum Gasteiger partial charge on any atom is -0.488 e. The maximum atomic E-state index is 12.6. The van der Waals surface area contributed by atoms with Gasteiger partial charge in [-0.1, -0.05) is 30.3 Å². The lowest BCUT2D eigenvalue weighted by molar-refractivity contribution is -0.904. The molecule has 2 heterocycles. The first-order chi connectivity index (χ1) is 15.1. The van der Waals surface area contributed by atoms with Crippen molar-refractivity contribution in [2.75, 3.05) is 45.9 Å². The third-order valence-electron chi connectivity index (χ3n) is 5.94. The fourth-order valence-electron chi connectivity index (χ4n) is 4.14. The second-order valence-electron chi connectivity index (χ2n) is 7.95. The lowest BCUT2D eigenvalue weighted by atomic mass is 10.1. The van der Waals surface area contributed by atoms with Crippen LogP contribution in [0.2, 0.25) is 0 Å². The summed E-state index contributed by atoms with van der Waals surface area (Å²) >= 11 is 0. The molecule has 0 unspecified atom stereocenters. The minimum absolute atomic E-state index is 0.0937. The Morgan fingerprint density at radius 1 is 0.903 bits per heavy atom. The molecular weight excluding hydrogens is 394 g/mol. The van der Waals surface area contributed by atoms with E-state index in [1.54, 1.807) is 24.3 Å². The first kappa shape index (κ1) is 21.1. The lowest BCUT2D eigenvalue weighted by Gasteiger charge is -2.32. The highest BCUT2D eigenvalue weighted by Gasteiger charge is 2.34. The van der Waals surface area contributed by atoms with Gasteiger partial charge in [0.2, 0.25) is 5.91 Å². The average molecular weight is 423 g/mol. The van der Waals surface area contributed by atoms with E-state index in [-0.39, 0.29) is 24.3 Å². The van der Waals surface area contributed by atoms with Crippen molar-refractivity contribution in [2.24, 2.45) is 0 Å². The maximum absolute atomic E-state index is 12.6. The van der Waals surface area contributed by atoms with Crippen molar-refractivity contribution in [3.05, 3.63) is 65.7 Å². The van der Waals surface area contributed by atoms with E-state index in [9.17, 15) is 14.4 Å². The molecule has 162 valence electrons. The Labute approximate surface area is 182 Å². The number of hydrogen-bond donors (Lipinski definition) is 1. The van der Waals surface area contributed by atoms with Gasteiger partial charge in [0, 0.05) is 13.0 Å². The van der Waals surface area contributed by atoms with Gasteiger partial charge in [-0.25, -0.2) is 0 Å². The number of nitrogens with one attached hydrogen (secondary N) is 1. The number of nitrogens with zero attached hydrogens (tertiary/aromatic N) is 2. The zero-order valence-corrected chi connectivity index (χ0v) is 17.6. The van der Waals surface area contributed by atoms with Crippen LogP contribution in [0.25, 0.3) is 0 Å². The van der Waals surface area contributed by atoms with Gasteiger partial charge in [-0.05, 0) is 30.7 Å². The number of carbonyl (C=O) groups excluding carboxylic acids is 3. The summed E-state index contributed by atoms with van der Waals surface area (Å²) < 4.78 is 5.76. The summed E-state index contributed by atoms with van der Waals surface area (Å²) in [6, 6.07) is 16.7. The molecule has 7 nitrogen and oxygen atoms in total. The highest BCUT2D eigenvalue weighted by atomic mass is 16.5. The van der Waals surface area contributed by atoms with Crippen LogP contribution in [0.4, 0.5) is 0 Å². The fraction of sp³-hybridized carbons (Fsp3) is 0.375. The summed E-state index contributed by atoms with van der Waals surface area (Å²) in [5.74, 6) is 0.455. The standard InChI is InChI=1S/C24H27N3O4/c28-22(11-6-12-27-23(29)20-9-4-5-10-21(20)24(27)30)26-15-13-25(14-16-26)17-18-31-19-7-2-1-3-8-19/h1-5,7-10H,6,11-18H2/p+1. The van der Waals surface area contributed by atoms with Gasteiger partial charge < -0.3 is 14.5 Å². The first-order valence-corrected chi connectivity index (χ1v) is 10.9. The number of ether oxygens (including phenoxy) is 1. The maximum Gasteiger partial charge on any atom is 0.261 e. The van der Waals surface area contributed by atoms with Crippen LogP contribution < -0.4 is 9.64 Å². The zero-order chi connectivity index (χ0) is 21.6. The third kappa shape index (κ3) is 4.94. The van der Waals surface area contributed by atoms with E-state index in [0.29, 0.717) is 30.6 Å². The summed E-state index contributed by atoms with van der Waals surface area (Å²) in [6.07, 6.45) is 0.835. The SMILES string of the molecule is O=C(CCCN1C(=O)c2ccccc2C1=O)N1CC[NH+](CCOc2ccccc2)CC1. The summed E-state index contributed by atoms with van der Waals surface area (Å²) in [7, 11) is 0. The van der Waals surface area contributed by atoms with E-state index in [4.69, 9.17) is 4.74 Å². The highest BCUT2D eigenvalue weighted by molar-refractivity contribution is 6.21. The summed E-state index contributed by atoms with van der Waals surface area (Å²) in [6.45, 7) is 5.12. The topological polar surface area (TPSA) is 71.4 Å². The van der Waals surface area contributed by atoms with E-state index in [1.165, 1.54) is 9.80 Å². The van der Waals surface area contributed by atoms with Crippen LogP contribution in [-0.4, -0.2) is 73.4 Å². The molecule has 2 aromatic rings. The van der Waals surface area contributed by atoms with Gasteiger partial charge in [0.1, 0.15) is 18.9 Å². The molecule has 3 amide bonds. The molecule has 1 saturated heterocycles. The Hall–Kier alpha value is -3.19. The van der Waals surface area contributed by atoms with E-state index < -0.39 is 0 Å². The summed E-state index contributed by atoms with van der Waals surface area (Å²) in [5.41, 5.74) is 0.906. The number of imide groups is 1. The van der Waals surface area contributed by atoms with Crippen LogP contribution in [0.1, 0.15) is 33.6 Å². The van der Waals surface area contributed by atoms with E-state index in [1.807, 2.05) is 35.2 Å². The van der Waals surface area contributed by atoms with Crippen LogP contribution in [0.5, 0.6) is 5.75 Å². The Bertz CT molecular complexity index is 904. The molecular formula is C24H28N3O4+. The van der Waals surface area contributed by atoms with Crippen LogP contribution >= 0.6 is 0 Å². The van der Waals surface area contributed by atoms with Crippen molar-refractivity contribution in [1.82, 2.24) is 9.80 Å². The van der Waals surface area contributed by atoms with Gasteiger partial charge in [0.15, 0.2) is 0 Å². The molecule has 0 bridgehead atoms. The second kappa shape index (κ2) is 9.75. The fourth-order valence-corrected chi connectivity index (χ4v) is 4.14. The van der Waals surface area contributed by atoms with Gasteiger partial charge in [-0.15, -0.1) is 0 Å². The average Bonchev–Trinajstić information content (AvgIpc) is 3.05. The predicted molar refractivity (Wildman–Crippen MR) is 115 cm³/mol. The van der Waals surface area contributed by atoms with Gasteiger partial charge >= 0.3 is 0 Å². The quantitative estimate of drug-likeness (QED) is 0.641. The smallest absolute Gasteiger partial charge is 0.261 e. The molecule has 31 heavy (non-hydrogen) atoms. The van der Waals surface area contributed by atoms with Gasteiger partial charge in [0.05, 0.1) is 37.3 Å². The van der Waals surface area contributed by atoms with Crippen molar-refractivity contribution in [3.8, 4) is 5.75 Å². The van der Waals surface area contributed by atoms with Crippen LogP contribution in [-0.2, 0) is 4.79 Å². The van der Waals surface area contributed by atoms with Crippen molar-refractivity contribution in [2.45, 2.75) is 12.8 Å². The lowest BCUT2D eigenvalue weighted by Crippen LogP contribution is -3.15. The molecule has 0 aromatic heterocycles. The number of benzene rings is 2. The Morgan fingerprint density at radius 3 is 2.16 bits per heavy atom. The number of para-hydroxylation sites is 1. The zero-order valence-electron chi connectivity index (χ0n) is 17.6. The summed E-state index contributed by atoms with van der Waals surface area (Å²) in [5, 5.41) is 0. The Kier molecular flexibility index (Phi) is 6.62. The minimum atomic E-state index is -0.261. The molecule has 4 rings (SSSR count). The van der Waals surface area contributed by atoms with E-state index in [0.717, 1.165) is 38.5 Å². The van der Waals surface area contributed by atoms with Crippen LogP contribution in [0.3, 0.4) is 0 Å². The number of fused-ring (bicyclic) bond motifs is 1. The second-order valence-corrected chi connectivity index (χ2v) is 7.95. The molecule has 0 atom stereocenters. The Balaban J connectivity index is 1.15. The van der Waals surface area contributed by atoms with Crippen LogP contribution in [0, 0.1) is 0 Å².